The Balaban J connectivity index is 1.52. The number of amides is 1. The van der Waals surface area contributed by atoms with Gasteiger partial charge >= 0.3 is 0 Å². The van der Waals surface area contributed by atoms with E-state index in [1.807, 2.05) is 61.5 Å². The van der Waals surface area contributed by atoms with Crippen molar-refractivity contribution in [3.05, 3.63) is 82.4 Å². The molecule has 8 heteroatoms. The Morgan fingerprint density at radius 1 is 1.09 bits per heavy atom. The Morgan fingerprint density at radius 2 is 1.81 bits per heavy atom. The van der Waals surface area contributed by atoms with Gasteiger partial charge in [-0.25, -0.2) is 9.20 Å². The predicted molar refractivity (Wildman–Crippen MR) is 122 cm³/mol. The van der Waals surface area contributed by atoms with Crippen molar-refractivity contribution in [3.63, 3.8) is 0 Å². The van der Waals surface area contributed by atoms with Crippen molar-refractivity contribution < 1.29 is 9.53 Å². The number of benzene rings is 2. The van der Waals surface area contributed by atoms with Crippen LogP contribution in [0.5, 0.6) is 5.75 Å². The van der Waals surface area contributed by atoms with Gasteiger partial charge in [0.2, 0.25) is 5.91 Å². The van der Waals surface area contributed by atoms with E-state index in [-0.39, 0.29) is 23.9 Å². The third kappa shape index (κ3) is 4.39. The Bertz CT molecular complexity index is 1290. The van der Waals surface area contributed by atoms with Gasteiger partial charge in [0.15, 0.2) is 0 Å². The van der Waals surface area contributed by atoms with Gasteiger partial charge < -0.3 is 10.1 Å². The molecule has 4 rings (SSSR count). The van der Waals surface area contributed by atoms with Crippen LogP contribution in [-0.2, 0) is 11.3 Å². The summed E-state index contributed by atoms with van der Waals surface area (Å²) in [5, 5.41) is 11.7. The van der Waals surface area contributed by atoms with Gasteiger partial charge in [-0.2, -0.15) is 10.2 Å². The highest BCUT2D eigenvalue weighted by molar-refractivity contribution is 5.76. The molecule has 0 spiro atoms. The largest absolute Gasteiger partial charge is 0.497 e. The number of carbonyl (C=O) groups is 1. The van der Waals surface area contributed by atoms with Crippen LogP contribution in [0.25, 0.3) is 16.8 Å². The molecule has 0 saturated heterocycles. The van der Waals surface area contributed by atoms with Crippen molar-refractivity contribution in [2.45, 2.75) is 26.3 Å². The van der Waals surface area contributed by atoms with Crippen molar-refractivity contribution in [1.82, 2.24) is 24.7 Å². The maximum absolute atomic E-state index is 13.0. The number of carbonyl (C=O) groups excluding carboxylic acids is 1. The van der Waals surface area contributed by atoms with Crippen LogP contribution in [-0.4, -0.2) is 39.0 Å². The Labute approximate surface area is 185 Å². The van der Waals surface area contributed by atoms with Gasteiger partial charge in [-0.1, -0.05) is 37.3 Å². The van der Waals surface area contributed by atoms with Gasteiger partial charge in [0.25, 0.3) is 5.56 Å². The maximum atomic E-state index is 13.0. The zero-order valence-electron chi connectivity index (χ0n) is 18.3. The highest BCUT2D eigenvalue weighted by Crippen LogP contribution is 2.22. The molecular formula is C24H25N5O3. The Hall–Kier alpha value is -3.94. The number of nitrogens with one attached hydrogen (secondary N) is 1. The summed E-state index contributed by atoms with van der Waals surface area (Å²) in [6.07, 6.45) is 0. The van der Waals surface area contributed by atoms with E-state index in [0.29, 0.717) is 23.6 Å². The predicted octanol–water partition coefficient (Wildman–Crippen LogP) is 2.79. The summed E-state index contributed by atoms with van der Waals surface area (Å²) in [5.41, 5.74) is 2.65. The van der Waals surface area contributed by atoms with Crippen LogP contribution in [0.1, 0.15) is 24.2 Å². The average Bonchev–Trinajstić information content (AvgIpc) is 3.28. The first kappa shape index (κ1) is 21.3. The van der Waals surface area contributed by atoms with E-state index in [4.69, 9.17) is 4.74 Å². The van der Waals surface area contributed by atoms with Gasteiger partial charge in [0.05, 0.1) is 12.8 Å². The van der Waals surface area contributed by atoms with Gasteiger partial charge in [0, 0.05) is 12.1 Å². The maximum Gasteiger partial charge on any atom is 0.293 e. The lowest BCUT2D eigenvalue weighted by Gasteiger charge is -2.13. The molecule has 2 aromatic carbocycles. The molecule has 4 aromatic rings. The van der Waals surface area contributed by atoms with E-state index in [9.17, 15) is 9.59 Å². The molecule has 1 amide bonds. The molecule has 0 saturated carbocycles. The molecule has 1 atom stereocenters. The summed E-state index contributed by atoms with van der Waals surface area (Å²) >= 11 is 0. The van der Waals surface area contributed by atoms with Crippen LogP contribution in [0.15, 0.2) is 65.5 Å². The number of aromatic nitrogens is 4. The summed E-state index contributed by atoms with van der Waals surface area (Å²) in [5.74, 6) is 1.16. The molecule has 8 nitrogen and oxygen atoms in total. The normalized spacial score (nSPS) is 12.0. The Kier molecular flexibility index (Phi) is 6.02. The molecule has 2 aromatic heterocycles. The van der Waals surface area contributed by atoms with Gasteiger partial charge in [0.1, 0.15) is 23.6 Å². The van der Waals surface area contributed by atoms with Crippen LogP contribution >= 0.6 is 0 Å². The monoisotopic (exact) mass is 431 g/mol. The van der Waals surface area contributed by atoms with Crippen molar-refractivity contribution in [2.75, 3.05) is 13.7 Å². The van der Waals surface area contributed by atoms with Gasteiger partial charge in [-0.3, -0.25) is 9.59 Å². The summed E-state index contributed by atoms with van der Waals surface area (Å²) in [6.45, 7) is 4.13. The first-order valence-corrected chi connectivity index (χ1v) is 10.4. The second kappa shape index (κ2) is 9.05. The fraction of sp³-hybridized carbons (Fsp3) is 0.250. The summed E-state index contributed by atoms with van der Waals surface area (Å²) < 4.78 is 7.88. The number of nitrogens with zero attached hydrogens (tertiary/aromatic N) is 4. The molecule has 0 aliphatic heterocycles. The van der Waals surface area contributed by atoms with E-state index < -0.39 is 0 Å². The molecule has 0 radical (unpaired) electrons. The molecule has 0 aliphatic carbocycles. The van der Waals surface area contributed by atoms with Crippen LogP contribution in [0.3, 0.4) is 0 Å². The topological polar surface area (TPSA) is 90.5 Å². The van der Waals surface area contributed by atoms with Gasteiger partial charge in [-0.05, 0) is 48.7 Å². The molecule has 1 N–H and O–H groups in total. The van der Waals surface area contributed by atoms with E-state index >= 15 is 0 Å². The lowest BCUT2D eigenvalue weighted by Crippen LogP contribution is -2.36. The highest BCUT2D eigenvalue weighted by Gasteiger charge is 2.15. The van der Waals surface area contributed by atoms with Crippen molar-refractivity contribution >= 4 is 11.4 Å². The summed E-state index contributed by atoms with van der Waals surface area (Å²) in [6, 6.07) is 19.1. The minimum atomic E-state index is -0.367. The third-order valence-electron chi connectivity index (χ3n) is 5.39. The van der Waals surface area contributed by atoms with E-state index in [2.05, 4.69) is 15.5 Å². The quantitative estimate of drug-likeness (QED) is 0.486. The fourth-order valence-corrected chi connectivity index (χ4v) is 3.54. The third-order valence-corrected chi connectivity index (χ3v) is 5.39. The molecule has 164 valence electrons. The van der Waals surface area contributed by atoms with Crippen molar-refractivity contribution in [3.8, 4) is 17.0 Å². The number of aryl methyl sites for hydroxylation is 1. The number of hydrogen-bond acceptors (Lipinski definition) is 5. The average molecular weight is 431 g/mol. The van der Waals surface area contributed by atoms with Crippen LogP contribution in [0.2, 0.25) is 0 Å². The summed E-state index contributed by atoms with van der Waals surface area (Å²) in [7, 11) is 1.61. The van der Waals surface area contributed by atoms with Crippen molar-refractivity contribution in [2.24, 2.45) is 0 Å². The summed E-state index contributed by atoms with van der Waals surface area (Å²) in [4.78, 5) is 25.5. The number of hydrogen-bond donors (Lipinski definition) is 1. The molecule has 2 heterocycles. The smallest absolute Gasteiger partial charge is 0.293 e. The van der Waals surface area contributed by atoms with Crippen LogP contribution < -0.4 is 15.6 Å². The van der Waals surface area contributed by atoms with E-state index in [0.717, 1.165) is 16.9 Å². The standard InChI is InChI=1S/C24H25N5O3/c1-16(18-7-5-4-6-8-18)14-25-23(30)15-28-24(31)22-13-21(27-29(22)17(2)26-28)19-9-11-20(32-3)12-10-19/h4-13,16H,14-15H2,1-3H3,(H,25,30). The number of rotatable bonds is 7. The zero-order chi connectivity index (χ0) is 22.7. The van der Waals surface area contributed by atoms with Crippen molar-refractivity contribution in [1.29, 1.82) is 0 Å². The van der Waals surface area contributed by atoms with Gasteiger partial charge in [-0.15, -0.1) is 0 Å². The van der Waals surface area contributed by atoms with E-state index in [1.54, 1.807) is 20.1 Å². The minimum Gasteiger partial charge on any atom is -0.497 e. The zero-order valence-corrected chi connectivity index (χ0v) is 18.3. The highest BCUT2D eigenvalue weighted by atomic mass is 16.5. The minimum absolute atomic E-state index is 0.152. The molecule has 0 fully saturated rings. The van der Waals surface area contributed by atoms with Crippen LogP contribution in [0, 0.1) is 6.92 Å². The van der Waals surface area contributed by atoms with Crippen LogP contribution in [0.4, 0.5) is 0 Å². The SMILES string of the molecule is COc1ccc(-c2cc3c(=O)n(CC(=O)NCC(C)c4ccccc4)nc(C)n3n2)cc1. The van der Waals surface area contributed by atoms with E-state index in [1.165, 1.54) is 9.20 Å². The number of fused-ring (bicyclic) bond motifs is 1. The molecule has 0 bridgehead atoms. The molecule has 0 aliphatic rings. The molecule has 32 heavy (non-hydrogen) atoms. The second-order valence-corrected chi connectivity index (χ2v) is 7.68. The first-order chi connectivity index (χ1) is 15.5. The molecule has 1 unspecified atom stereocenters. The second-order valence-electron chi connectivity index (χ2n) is 7.68. The lowest BCUT2D eigenvalue weighted by atomic mass is 10.0. The number of methoxy groups -OCH3 is 1. The first-order valence-electron chi connectivity index (χ1n) is 10.4. The Morgan fingerprint density at radius 3 is 2.50 bits per heavy atom. The lowest BCUT2D eigenvalue weighted by molar-refractivity contribution is -0.121. The molecular weight excluding hydrogens is 406 g/mol. The number of ether oxygens (including phenoxy) is 1. The fourth-order valence-electron chi connectivity index (χ4n) is 3.54.